The van der Waals surface area contributed by atoms with Gasteiger partial charge in [0.05, 0.1) is 14.1 Å². The molecule has 39 heavy (non-hydrogen) atoms. The Bertz CT molecular complexity index is 1900. The fourth-order valence-electron chi connectivity index (χ4n) is 6.02. The van der Waals surface area contributed by atoms with Crippen LogP contribution in [0.25, 0.3) is 43.6 Å². The van der Waals surface area contributed by atoms with Gasteiger partial charge in [-0.3, -0.25) is 0 Å². The highest BCUT2D eigenvalue weighted by Gasteiger charge is 2.25. The van der Waals surface area contributed by atoms with Gasteiger partial charge in [0.2, 0.25) is 12.7 Å². The number of aromatic nitrogens is 4. The first-order chi connectivity index (χ1) is 19.0. The van der Waals surface area contributed by atoms with Crippen LogP contribution >= 0.6 is 0 Å². The third-order valence-electron chi connectivity index (χ3n) is 7.92. The fraction of sp³-hybridized carbons (Fsp3) is 0.125. The van der Waals surface area contributed by atoms with E-state index in [0.717, 1.165) is 33.2 Å². The first kappa shape index (κ1) is 23.6. The second-order valence-electron chi connectivity index (χ2n) is 10.4. The first-order valence-corrected chi connectivity index (χ1v) is 13.2. The molecule has 190 valence electrons. The van der Waals surface area contributed by atoms with Gasteiger partial charge in [0.15, 0.2) is 22.1 Å². The topological polar surface area (TPSA) is 58.1 Å². The summed E-state index contributed by atoms with van der Waals surface area (Å²) in [6.45, 7) is 1.06. The molecule has 0 bridgehead atoms. The molecular weight excluding hydrogens is 483 g/mol. The largest absolute Gasteiger partial charge is 0.489 e. The van der Waals surface area contributed by atoms with Gasteiger partial charge in [0.25, 0.3) is 0 Å². The SMILES string of the molecule is C[n+]1cn(Cc2cccc(Cn3c[n+](C)c4cc5ccccc5cc43)c2B(O)O)c2cc3ccccc3cc21. The molecule has 2 aromatic heterocycles. The molecule has 2 heterocycles. The molecule has 0 aliphatic rings. The molecule has 0 atom stereocenters. The van der Waals surface area contributed by atoms with Crippen molar-refractivity contribution in [2.45, 2.75) is 13.1 Å². The van der Waals surface area contributed by atoms with Gasteiger partial charge < -0.3 is 10.0 Å². The van der Waals surface area contributed by atoms with Crippen molar-refractivity contribution in [1.82, 2.24) is 9.13 Å². The van der Waals surface area contributed by atoms with E-state index in [0.29, 0.717) is 18.6 Å². The number of nitrogens with zero attached hydrogens (tertiary/aromatic N) is 4. The van der Waals surface area contributed by atoms with E-state index in [1.165, 1.54) is 21.5 Å². The van der Waals surface area contributed by atoms with Crippen molar-refractivity contribution in [3.8, 4) is 0 Å². The lowest BCUT2D eigenvalue weighted by atomic mass is 9.73. The standard InChI is InChI=1S/C32H29BN4O2/c1-34-20-36(30-16-24-10-5-3-8-22(24)14-28(30)34)18-26-12-7-13-27(32(26)33(38)39)19-37-21-35(2)29-15-23-9-4-6-11-25(23)17-31(29)37/h3-17,20-21,38-39H,18-19H2,1-2H3/q+2. The molecule has 0 saturated carbocycles. The van der Waals surface area contributed by atoms with Gasteiger partial charge in [-0.2, -0.15) is 0 Å². The molecule has 5 aromatic carbocycles. The average molecular weight is 512 g/mol. The fourth-order valence-corrected chi connectivity index (χ4v) is 6.02. The molecule has 0 saturated heterocycles. The van der Waals surface area contributed by atoms with Gasteiger partial charge in [-0.15, -0.1) is 0 Å². The molecule has 7 aromatic rings. The van der Waals surface area contributed by atoms with E-state index in [2.05, 4.69) is 104 Å². The first-order valence-electron chi connectivity index (χ1n) is 13.2. The summed E-state index contributed by atoms with van der Waals surface area (Å²) in [5.74, 6) is 0. The normalized spacial score (nSPS) is 11.8. The minimum Gasteiger partial charge on any atom is -0.423 e. The highest BCUT2D eigenvalue weighted by molar-refractivity contribution is 6.59. The molecular formula is C32H29BN4O2+2. The monoisotopic (exact) mass is 512 g/mol. The summed E-state index contributed by atoms with van der Waals surface area (Å²) in [6.07, 6.45) is 4.16. The number of fused-ring (bicyclic) bond motifs is 4. The van der Waals surface area contributed by atoms with Crippen molar-refractivity contribution in [3.63, 3.8) is 0 Å². The third-order valence-corrected chi connectivity index (χ3v) is 7.92. The van der Waals surface area contributed by atoms with E-state index in [1.54, 1.807) is 0 Å². The number of rotatable bonds is 5. The van der Waals surface area contributed by atoms with Crippen LogP contribution in [0.2, 0.25) is 0 Å². The molecule has 6 nitrogen and oxygen atoms in total. The van der Waals surface area contributed by atoms with E-state index < -0.39 is 7.12 Å². The lowest BCUT2D eigenvalue weighted by molar-refractivity contribution is -0.645. The predicted octanol–water partition coefficient (Wildman–Crippen LogP) is 3.33. The van der Waals surface area contributed by atoms with Crippen LogP contribution in [0.5, 0.6) is 0 Å². The second kappa shape index (κ2) is 9.08. The van der Waals surface area contributed by atoms with Crippen LogP contribution < -0.4 is 14.6 Å². The van der Waals surface area contributed by atoms with Crippen LogP contribution in [0.1, 0.15) is 11.1 Å². The van der Waals surface area contributed by atoms with Crippen LogP contribution in [0.15, 0.2) is 104 Å². The van der Waals surface area contributed by atoms with Crippen molar-refractivity contribution in [1.29, 1.82) is 0 Å². The quantitative estimate of drug-likeness (QED) is 0.275. The third kappa shape index (κ3) is 3.98. The minimum absolute atomic E-state index is 0.529. The van der Waals surface area contributed by atoms with Crippen molar-refractivity contribution < 1.29 is 19.2 Å². The maximum Gasteiger partial charge on any atom is 0.489 e. The number of imidazole rings is 2. The summed E-state index contributed by atoms with van der Waals surface area (Å²) < 4.78 is 8.61. The Labute approximate surface area is 226 Å². The summed E-state index contributed by atoms with van der Waals surface area (Å²) >= 11 is 0. The highest BCUT2D eigenvalue weighted by Crippen LogP contribution is 2.24. The minimum atomic E-state index is -1.58. The molecule has 0 aliphatic carbocycles. The zero-order chi connectivity index (χ0) is 26.7. The maximum absolute atomic E-state index is 10.6. The molecule has 7 heteroatoms. The summed E-state index contributed by atoms with van der Waals surface area (Å²) in [6, 6.07) is 31.6. The molecule has 0 radical (unpaired) electrons. The molecule has 0 fully saturated rings. The summed E-state index contributed by atoms with van der Waals surface area (Å²) in [4.78, 5) is 0. The summed E-state index contributed by atoms with van der Waals surface area (Å²) in [7, 11) is 2.52. The molecule has 2 N–H and O–H groups in total. The number of hydrogen-bond acceptors (Lipinski definition) is 2. The zero-order valence-electron chi connectivity index (χ0n) is 22.0. The Balaban J connectivity index is 1.32. The zero-order valence-corrected chi connectivity index (χ0v) is 22.0. The Morgan fingerprint density at radius 3 is 1.41 bits per heavy atom. The van der Waals surface area contributed by atoms with Crippen LogP contribution in [0, 0.1) is 0 Å². The Kier molecular flexibility index (Phi) is 5.51. The number of aryl methyl sites for hydroxylation is 2. The van der Waals surface area contributed by atoms with Gasteiger partial charge in [0.1, 0.15) is 13.1 Å². The number of benzene rings is 5. The molecule has 0 unspecified atom stereocenters. The highest BCUT2D eigenvalue weighted by atomic mass is 16.4. The van der Waals surface area contributed by atoms with Gasteiger partial charge in [0, 0.05) is 0 Å². The molecule has 0 amide bonds. The lowest BCUT2D eigenvalue weighted by Crippen LogP contribution is -2.37. The lowest BCUT2D eigenvalue weighted by Gasteiger charge is -2.13. The Hall–Kier alpha value is -4.46. The number of hydrogen-bond donors (Lipinski definition) is 2. The predicted molar refractivity (Wildman–Crippen MR) is 156 cm³/mol. The van der Waals surface area contributed by atoms with E-state index in [1.807, 2.05) is 32.3 Å². The smallest absolute Gasteiger partial charge is 0.423 e. The van der Waals surface area contributed by atoms with Crippen molar-refractivity contribution >= 4 is 56.2 Å². The van der Waals surface area contributed by atoms with Crippen LogP contribution in [0.4, 0.5) is 0 Å². The van der Waals surface area contributed by atoms with Crippen molar-refractivity contribution in [3.05, 3.63) is 115 Å². The molecule has 0 aliphatic heterocycles. The van der Waals surface area contributed by atoms with Gasteiger partial charge in [-0.05, 0) is 62.4 Å². The van der Waals surface area contributed by atoms with Gasteiger partial charge in [-0.25, -0.2) is 18.3 Å². The summed E-state index contributed by atoms with van der Waals surface area (Å²) in [5.41, 5.74) is 6.82. The Morgan fingerprint density at radius 1 is 0.590 bits per heavy atom. The average Bonchev–Trinajstić information content (AvgIpc) is 3.40. The van der Waals surface area contributed by atoms with Crippen molar-refractivity contribution in [2.24, 2.45) is 14.1 Å². The summed E-state index contributed by atoms with van der Waals surface area (Å²) in [5, 5.41) is 25.9. The van der Waals surface area contributed by atoms with Crippen LogP contribution in [0.3, 0.4) is 0 Å². The molecule has 0 spiro atoms. The van der Waals surface area contributed by atoms with Crippen LogP contribution in [-0.4, -0.2) is 26.3 Å². The van der Waals surface area contributed by atoms with E-state index in [9.17, 15) is 10.0 Å². The Morgan fingerprint density at radius 2 is 1.00 bits per heavy atom. The van der Waals surface area contributed by atoms with Gasteiger partial charge in [-0.1, -0.05) is 66.7 Å². The second-order valence-corrected chi connectivity index (χ2v) is 10.4. The molecule has 7 rings (SSSR count). The van der Waals surface area contributed by atoms with Gasteiger partial charge >= 0.3 is 7.12 Å². The van der Waals surface area contributed by atoms with Crippen LogP contribution in [-0.2, 0) is 27.2 Å². The van der Waals surface area contributed by atoms with E-state index in [-0.39, 0.29) is 0 Å². The van der Waals surface area contributed by atoms with E-state index in [4.69, 9.17) is 0 Å². The maximum atomic E-state index is 10.6. The van der Waals surface area contributed by atoms with E-state index >= 15 is 0 Å². The van der Waals surface area contributed by atoms with Crippen molar-refractivity contribution in [2.75, 3.05) is 0 Å².